The van der Waals surface area contributed by atoms with E-state index in [1.165, 1.54) is 15.3 Å². The van der Waals surface area contributed by atoms with E-state index in [0.29, 0.717) is 12.5 Å². The Balaban J connectivity index is 2.40. The number of hydrogen-bond acceptors (Lipinski definition) is 2. The lowest BCUT2D eigenvalue weighted by Crippen LogP contribution is -2.06. The quantitative estimate of drug-likeness (QED) is 0.872. The van der Waals surface area contributed by atoms with Crippen molar-refractivity contribution in [1.82, 2.24) is 0 Å². The highest BCUT2D eigenvalue weighted by Crippen LogP contribution is 2.35. The molecule has 90 valence electrons. The SMILES string of the molecule is Cc1c(Cl)cccc1-c1ccc(C(C)CN)s1. The van der Waals surface area contributed by atoms with E-state index < -0.39 is 0 Å². The third kappa shape index (κ3) is 2.54. The minimum Gasteiger partial charge on any atom is -0.330 e. The summed E-state index contributed by atoms with van der Waals surface area (Å²) in [6, 6.07) is 10.4. The van der Waals surface area contributed by atoms with Crippen molar-refractivity contribution in [3.8, 4) is 10.4 Å². The first-order valence-corrected chi connectivity index (χ1v) is 6.88. The van der Waals surface area contributed by atoms with Crippen LogP contribution in [0.2, 0.25) is 5.02 Å². The molecule has 0 saturated carbocycles. The molecule has 0 radical (unpaired) electrons. The van der Waals surface area contributed by atoms with Crippen LogP contribution in [0, 0.1) is 6.92 Å². The molecule has 3 heteroatoms. The molecule has 2 rings (SSSR count). The Morgan fingerprint density at radius 3 is 2.76 bits per heavy atom. The average molecular weight is 266 g/mol. The van der Waals surface area contributed by atoms with Gasteiger partial charge in [-0.25, -0.2) is 0 Å². The molecular weight excluding hydrogens is 250 g/mol. The van der Waals surface area contributed by atoms with Gasteiger partial charge in [-0.05, 0) is 42.8 Å². The number of halogens is 1. The van der Waals surface area contributed by atoms with Crippen LogP contribution in [0.1, 0.15) is 23.3 Å². The monoisotopic (exact) mass is 265 g/mol. The summed E-state index contributed by atoms with van der Waals surface area (Å²) in [5, 5.41) is 0.823. The van der Waals surface area contributed by atoms with E-state index in [4.69, 9.17) is 17.3 Å². The van der Waals surface area contributed by atoms with Crippen molar-refractivity contribution in [1.29, 1.82) is 0 Å². The van der Waals surface area contributed by atoms with Gasteiger partial charge >= 0.3 is 0 Å². The number of benzene rings is 1. The van der Waals surface area contributed by atoms with Crippen molar-refractivity contribution in [3.05, 3.63) is 45.8 Å². The maximum Gasteiger partial charge on any atom is 0.0441 e. The van der Waals surface area contributed by atoms with Gasteiger partial charge < -0.3 is 5.73 Å². The van der Waals surface area contributed by atoms with Gasteiger partial charge in [-0.3, -0.25) is 0 Å². The molecule has 0 aliphatic carbocycles. The summed E-state index contributed by atoms with van der Waals surface area (Å²) >= 11 is 7.95. The van der Waals surface area contributed by atoms with Gasteiger partial charge in [0.1, 0.15) is 0 Å². The fraction of sp³-hybridized carbons (Fsp3) is 0.286. The molecule has 1 nitrogen and oxygen atoms in total. The van der Waals surface area contributed by atoms with Crippen molar-refractivity contribution in [2.75, 3.05) is 6.54 Å². The minimum absolute atomic E-state index is 0.424. The molecule has 1 atom stereocenters. The van der Waals surface area contributed by atoms with Crippen LogP contribution < -0.4 is 5.73 Å². The molecule has 0 saturated heterocycles. The molecule has 2 aromatic rings. The molecule has 0 bridgehead atoms. The van der Waals surface area contributed by atoms with E-state index in [1.807, 2.05) is 12.1 Å². The molecule has 0 aliphatic rings. The molecule has 1 aromatic heterocycles. The second-order valence-corrected chi connectivity index (χ2v) is 5.77. The smallest absolute Gasteiger partial charge is 0.0441 e. The Morgan fingerprint density at radius 1 is 1.29 bits per heavy atom. The lowest BCUT2D eigenvalue weighted by molar-refractivity contribution is 0.790. The zero-order valence-corrected chi connectivity index (χ0v) is 11.6. The number of hydrogen-bond donors (Lipinski definition) is 1. The van der Waals surface area contributed by atoms with E-state index in [-0.39, 0.29) is 0 Å². The van der Waals surface area contributed by atoms with Crippen LogP contribution in [0.5, 0.6) is 0 Å². The molecule has 2 N–H and O–H groups in total. The number of rotatable bonds is 3. The van der Waals surface area contributed by atoms with Gasteiger partial charge in [0.25, 0.3) is 0 Å². The lowest BCUT2D eigenvalue weighted by Gasteiger charge is -2.06. The van der Waals surface area contributed by atoms with Crippen LogP contribution in [-0.4, -0.2) is 6.54 Å². The molecule has 17 heavy (non-hydrogen) atoms. The van der Waals surface area contributed by atoms with Crippen LogP contribution in [0.3, 0.4) is 0 Å². The summed E-state index contributed by atoms with van der Waals surface area (Å²) in [4.78, 5) is 2.60. The van der Waals surface area contributed by atoms with Gasteiger partial charge in [-0.15, -0.1) is 11.3 Å². The minimum atomic E-state index is 0.424. The molecule has 1 aromatic carbocycles. The van der Waals surface area contributed by atoms with E-state index in [2.05, 4.69) is 32.0 Å². The molecule has 1 unspecified atom stereocenters. The zero-order chi connectivity index (χ0) is 12.4. The van der Waals surface area contributed by atoms with Crippen molar-refractivity contribution >= 4 is 22.9 Å². The molecule has 0 amide bonds. The van der Waals surface area contributed by atoms with Gasteiger partial charge in [0.15, 0.2) is 0 Å². The van der Waals surface area contributed by atoms with E-state index in [0.717, 1.165) is 10.6 Å². The van der Waals surface area contributed by atoms with Crippen LogP contribution >= 0.6 is 22.9 Å². The summed E-state index contributed by atoms with van der Waals surface area (Å²) in [6.07, 6.45) is 0. The first-order valence-electron chi connectivity index (χ1n) is 5.68. The molecule has 0 fully saturated rings. The van der Waals surface area contributed by atoms with E-state index in [9.17, 15) is 0 Å². The van der Waals surface area contributed by atoms with Gasteiger partial charge in [-0.1, -0.05) is 30.7 Å². The van der Waals surface area contributed by atoms with Crippen molar-refractivity contribution < 1.29 is 0 Å². The second-order valence-electron chi connectivity index (χ2n) is 4.25. The van der Waals surface area contributed by atoms with Crippen LogP contribution in [-0.2, 0) is 0 Å². The largest absolute Gasteiger partial charge is 0.330 e. The predicted molar refractivity (Wildman–Crippen MR) is 77.0 cm³/mol. The maximum absolute atomic E-state index is 6.14. The highest BCUT2D eigenvalue weighted by atomic mass is 35.5. The predicted octanol–water partition coefficient (Wildman–Crippen LogP) is 4.44. The summed E-state index contributed by atoms with van der Waals surface area (Å²) in [7, 11) is 0. The van der Waals surface area contributed by atoms with Gasteiger partial charge in [0, 0.05) is 20.7 Å². The van der Waals surface area contributed by atoms with Crippen molar-refractivity contribution in [3.63, 3.8) is 0 Å². The van der Waals surface area contributed by atoms with Crippen molar-refractivity contribution in [2.45, 2.75) is 19.8 Å². The molecular formula is C14H16ClNS. The van der Waals surface area contributed by atoms with Crippen LogP contribution in [0.25, 0.3) is 10.4 Å². The van der Waals surface area contributed by atoms with Crippen molar-refractivity contribution in [2.24, 2.45) is 5.73 Å². The number of nitrogens with two attached hydrogens (primary N) is 1. The van der Waals surface area contributed by atoms with Gasteiger partial charge in [0.2, 0.25) is 0 Å². The average Bonchev–Trinajstić information content (AvgIpc) is 2.81. The normalized spacial score (nSPS) is 12.7. The van der Waals surface area contributed by atoms with Gasteiger partial charge in [0.05, 0.1) is 0 Å². The fourth-order valence-corrected chi connectivity index (χ4v) is 3.08. The first kappa shape index (κ1) is 12.6. The molecule has 0 aliphatic heterocycles. The summed E-state index contributed by atoms with van der Waals surface area (Å²) in [5.74, 6) is 0.424. The standard InChI is InChI=1S/C14H16ClNS/c1-9(8-16)13-6-7-14(17-13)11-4-3-5-12(15)10(11)2/h3-7,9H,8,16H2,1-2H3. The fourth-order valence-electron chi connectivity index (χ4n) is 1.75. The highest BCUT2D eigenvalue weighted by Gasteiger charge is 2.10. The van der Waals surface area contributed by atoms with Crippen LogP contribution in [0.15, 0.2) is 30.3 Å². The second kappa shape index (κ2) is 5.21. The van der Waals surface area contributed by atoms with E-state index in [1.54, 1.807) is 11.3 Å². The Hall–Kier alpha value is -0.830. The Bertz CT molecular complexity index is 519. The Kier molecular flexibility index (Phi) is 3.87. The third-order valence-corrected chi connectivity index (χ3v) is 4.76. The topological polar surface area (TPSA) is 26.0 Å². The maximum atomic E-state index is 6.14. The lowest BCUT2D eigenvalue weighted by atomic mass is 10.1. The molecule has 1 heterocycles. The summed E-state index contributed by atoms with van der Waals surface area (Å²) < 4.78 is 0. The van der Waals surface area contributed by atoms with Gasteiger partial charge in [-0.2, -0.15) is 0 Å². The van der Waals surface area contributed by atoms with E-state index >= 15 is 0 Å². The Morgan fingerprint density at radius 2 is 2.06 bits per heavy atom. The Labute approximate surface area is 111 Å². The third-order valence-electron chi connectivity index (χ3n) is 3.00. The summed E-state index contributed by atoms with van der Waals surface area (Å²) in [5.41, 5.74) is 8.05. The zero-order valence-electron chi connectivity index (χ0n) is 10.0. The van der Waals surface area contributed by atoms with Crippen LogP contribution in [0.4, 0.5) is 0 Å². The number of thiophene rings is 1. The molecule has 0 spiro atoms. The first-order chi connectivity index (χ1) is 8.13. The highest BCUT2D eigenvalue weighted by molar-refractivity contribution is 7.15. The summed E-state index contributed by atoms with van der Waals surface area (Å²) in [6.45, 7) is 4.90.